The van der Waals surface area contributed by atoms with Crippen LogP contribution in [-0.4, -0.2) is 9.55 Å². The van der Waals surface area contributed by atoms with Crippen LogP contribution < -0.4 is 0 Å². The number of hydrogen-bond donors (Lipinski definition) is 0. The van der Waals surface area contributed by atoms with Crippen LogP contribution in [0.15, 0.2) is 34.9 Å². The van der Waals surface area contributed by atoms with E-state index in [-0.39, 0.29) is 22.5 Å². The fourth-order valence-corrected chi connectivity index (χ4v) is 2.40. The minimum absolute atomic E-state index is 0.00627. The average molecular weight is 319 g/mol. The van der Waals surface area contributed by atoms with Gasteiger partial charge in [-0.3, -0.25) is 0 Å². The molecule has 18 heavy (non-hydrogen) atoms. The molecule has 1 aromatic heterocycles. The molecule has 2 aromatic rings. The van der Waals surface area contributed by atoms with E-state index in [0.29, 0.717) is 10.1 Å². The first-order valence-electron chi connectivity index (χ1n) is 5.35. The number of benzene rings is 1. The van der Waals surface area contributed by atoms with Crippen LogP contribution >= 0.6 is 15.9 Å². The van der Waals surface area contributed by atoms with Crippen molar-refractivity contribution in [3.63, 3.8) is 0 Å². The lowest BCUT2D eigenvalue weighted by Crippen LogP contribution is -2.20. The molecular weight excluding hydrogens is 309 g/mol. The fraction of sp³-hybridized carbons (Fsp3) is 0.250. The standard InChI is InChI=1S/C12H10BrF3N2/c1-2-9-17-11(13)10(18(9)12(14,15)16)8-6-4-3-5-7-8/h3-7H,2H2,1H3. The van der Waals surface area contributed by atoms with Crippen molar-refractivity contribution < 1.29 is 13.2 Å². The van der Waals surface area contributed by atoms with Gasteiger partial charge in [-0.25, -0.2) is 9.55 Å². The molecule has 1 heterocycles. The maximum absolute atomic E-state index is 13.1. The summed E-state index contributed by atoms with van der Waals surface area (Å²) in [5, 5.41) is 0. The zero-order valence-electron chi connectivity index (χ0n) is 9.50. The Hall–Kier alpha value is -1.30. The molecule has 2 nitrogen and oxygen atoms in total. The number of hydrogen-bond acceptors (Lipinski definition) is 1. The average Bonchev–Trinajstić information content (AvgIpc) is 2.67. The molecule has 0 atom stereocenters. The molecule has 0 spiro atoms. The summed E-state index contributed by atoms with van der Waals surface area (Å²) in [7, 11) is 0. The molecule has 0 radical (unpaired) electrons. The Morgan fingerprint density at radius 3 is 2.33 bits per heavy atom. The van der Waals surface area contributed by atoms with Crippen LogP contribution in [0.1, 0.15) is 12.7 Å². The molecule has 0 bridgehead atoms. The van der Waals surface area contributed by atoms with Crippen molar-refractivity contribution in [2.75, 3.05) is 0 Å². The van der Waals surface area contributed by atoms with Crippen molar-refractivity contribution in [1.29, 1.82) is 0 Å². The van der Waals surface area contributed by atoms with E-state index >= 15 is 0 Å². The zero-order chi connectivity index (χ0) is 13.3. The number of halogens is 4. The second-order valence-corrected chi connectivity index (χ2v) is 4.44. The van der Waals surface area contributed by atoms with Crippen molar-refractivity contribution >= 4 is 15.9 Å². The molecule has 2 rings (SSSR count). The Morgan fingerprint density at radius 2 is 1.83 bits per heavy atom. The second-order valence-electron chi connectivity index (χ2n) is 3.69. The highest BCUT2D eigenvalue weighted by Crippen LogP contribution is 2.36. The van der Waals surface area contributed by atoms with Gasteiger partial charge in [-0.2, -0.15) is 0 Å². The van der Waals surface area contributed by atoms with Crippen LogP contribution in [0.3, 0.4) is 0 Å². The summed E-state index contributed by atoms with van der Waals surface area (Å²) in [6.45, 7) is 1.64. The van der Waals surface area contributed by atoms with Gasteiger partial charge in [-0.05, 0) is 15.9 Å². The lowest BCUT2D eigenvalue weighted by molar-refractivity contribution is -0.204. The van der Waals surface area contributed by atoms with E-state index in [1.165, 1.54) is 0 Å². The van der Waals surface area contributed by atoms with Gasteiger partial charge in [0.05, 0.1) is 5.69 Å². The Bertz CT molecular complexity index is 546. The largest absolute Gasteiger partial charge is 0.490 e. The van der Waals surface area contributed by atoms with Crippen LogP contribution in [-0.2, 0) is 12.7 Å². The molecule has 0 saturated carbocycles. The molecule has 0 amide bonds. The van der Waals surface area contributed by atoms with Crippen molar-refractivity contribution in [3.8, 4) is 11.3 Å². The second kappa shape index (κ2) is 4.76. The molecule has 1 aromatic carbocycles. The number of imidazole rings is 1. The molecule has 0 unspecified atom stereocenters. The van der Waals surface area contributed by atoms with E-state index in [1.54, 1.807) is 37.3 Å². The number of alkyl halides is 3. The quantitative estimate of drug-likeness (QED) is 0.804. The first kappa shape index (κ1) is 13.1. The van der Waals surface area contributed by atoms with Crippen molar-refractivity contribution in [2.45, 2.75) is 19.6 Å². The van der Waals surface area contributed by atoms with E-state index in [1.807, 2.05) is 0 Å². The molecule has 0 N–H and O–H groups in total. The third kappa shape index (κ3) is 2.29. The number of aryl methyl sites for hydroxylation is 1. The summed E-state index contributed by atoms with van der Waals surface area (Å²) in [5.41, 5.74) is 0.522. The summed E-state index contributed by atoms with van der Waals surface area (Å²) >= 11 is 3.11. The molecule has 0 aliphatic carbocycles. The monoisotopic (exact) mass is 318 g/mol. The van der Waals surface area contributed by atoms with E-state index in [2.05, 4.69) is 20.9 Å². The number of rotatable bonds is 2. The zero-order valence-corrected chi connectivity index (χ0v) is 11.1. The SMILES string of the molecule is CCc1nc(Br)c(-c2ccccc2)n1C(F)(F)F. The maximum atomic E-state index is 13.1. The van der Waals surface area contributed by atoms with Crippen LogP contribution in [0.5, 0.6) is 0 Å². The van der Waals surface area contributed by atoms with Gasteiger partial charge in [0.25, 0.3) is 0 Å². The Morgan fingerprint density at radius 1 is 1.22 bits per heavy atom. The van der Waals surface area contributed by atoms with Crippen LogP contribution in [0.4, 0.5) is 13.2 Å². The first-order chi connectivity index (χ1) is 8.45. The van der Waals surface area contributed by atoms with Crippen LogP contribution in [0.2, 0.25) is 0 Å². The van der Waals surface area contributed by atoms with E-state index < -0.39 is 6.30 Å². The minimum Gasteiger partial charge on any atom is -0.237 e. The van der Waals surface area contributed by atoms with E-state index in [9.17, 15) is 13.2 Å². The topological polar surface area (TPSA) is 17.8 Å². The van der Waals surface area contributed by atoms with Gasteiger partial charge in [0.1, 0.15) is 10.4 Å². The predicted molar refractivity (Wildman–Crippen MR) is 66.0 cm³/mol. The summed E-state index contributed by atoms with van der Waals surface area (Å²) < 4.78 is 39.8. The molecule has 96 valence electrons. The molecule has 0 aliphatic heterocycles. The lowest BCUT2D eigenvalue weighted by Gasteiger charge is -2.14. The van der Waals surface area contributed by atoms with Crippen LogP contribution in [0.25, 0.3) is 11.3 Å². The number of nitrogens with zero attached hydrogens (tertiary/aromatic N) is 2. The van der Waals surface area contributed by atoms with E-state index in [0.717, 1.165) is 0 Å². The molecule has 0 saturated heterocycles. The Balaban J connectivity index is 2.71. The maximum Gasteiger partial charge on any atom is 0.490 e. The van der Waals surface area contributed by atoms with Crippen molar-refractivity contribution in [1.82, 2.24) is 9.55 Å². The van der Waals surface area contributed by atoms with Gasteiger partial charge in [-0.1, -0.05) is 37.3 Å². The molecule has 6 heteroatoms. The summed E-state index contributed by atoms with van der Waals surface area (Å²) in [6, 6.07) is 8.40. The summed E-state index contributed by atoms with van der Waals surface area (Å²) in [4.78, 5) is 3.93. The van der Waals surface area contributed by atoms with Crippen molar-refractivity contribution in [2.24, 2.45) is 0 Å². The Labute approximate surface area is 111 Å². The normalized spacial score (nSPS) is 11.8. The van der Waals surface area contributed by atoms with Crippen molar-refractivity contribution in [3.05, 3.63) is 40.8 Å². The third-order valence-corrected chi connectivity index (χ3v) is 3.07. The Kier molecular flexibility index (Phi) is 3.47. The first-order valence-corrected chi connectivity index (χ1v) is 6.14. The highest BCUT2D eigenvalue weighted by Gasteiger charge is 2.37. The van der Waals surface area contributed by atoms with Gasteiger partial charge in [0, 0.05) is 12.0 Å². The van der Waals surface area contributed by atoms with Gasteiger partial charge in [0.2, 0.25) is 0 Å². The fourth-order valence-electron chi connectivity index (χ4n) is 1.79. The molecule has 0 aliphatic rings. The summed E-state index contributed by atoms with van der Waals surface area (Å²) in [5.74, 6) is -0.00627. The van der Waals surface area contributed by atoms with Crippen LogP contribution in [0, 0.1) is 0 Å². The lowest BCUT2D eigenvalue weighted by atomic mass is 10.2. The van der Waals surface area contributed by atoms with Gasteiger partial charge in [0.15, 0.2) is 0 Å². The number of aromatic nitrogens is 2. The van der Waals surface area contributed by atoms with Gasteiger partial charge >= 0.3 is 6.30 Å². The highest BCUT2D eigenvalue weighted by atomic mass is 79.9. The van der Waals surface area contributed by atoms with Gasteiger partial charge < -0.3 is 0 Å². The highest BCUT2D eigenvalue weighted by molar-refractivity contribution is 9.10. The van der Waals surface area contributed by atoms with E-state index in [4.69, 9.17) is 0 Å². The summed E-state index contributed by atoms with van der Waals surface area (Å²) in [6.07, 6.45) is -4.26. The smallest absolute Gasteiger partial charge is 0.237 e. The third-order valence-electron chi connectivity index (χ3n) is 2.52. The minimum atomic E-state index is -4.48. The predicted octanol–water partition coefficient (Wildman–Crippen LogP) is 4.35. The molecule has 0 fully saturated rings. The molecular formula is C12H10BrF3N2. The van der Waals surface area contributed by atoms with Gasteiger partial charge in [-0.15, -0.1) is 13.2 Å².